The monoisotopic (exact) mass is 339 g/mol. The summed E-state index contributed by atoms with van der Waals surface area (Å²) < 4.78 is 5.30. The van der Waals surface area contributed by atoms with E-state index in [1.165, 1.54) is 5.56 Å². The predicted molar refractivity (Wildman–Crippen MR) is 99.3 cm³/mol. The standard InChI is InChI=1S/C20H25N3O2/c1-22(2)19-10-9-16(14-21-19)20(24)23-11-5-7-17(23)12-15-6-4-8-18(13-15)25-3/h4,6,8-10,13-14,17H,5,7,11-12H2,1-3H3/t17-/m0/s1. The van der Waals surface area contributed by atoms with Gasteiger partial charge in [0.05, 0.1) is 12.7 Å². The van der Waals surface area contributed by atoms with Gasteiger partial charge in [-0.15, -0.1) is 0 Å². The molecule has 0 bridgehead atoms. The van der Waals surface area contributed by atoms with Crippen molar-refractivity contribution in [2.75, 3.05) is 32.6 Å². The summed E-state index contributed by atoms with van der Waals surface area (Å²) in [5, 5.41) is 0. The Kier molecular flexibility index (Phi) is 5.22. The first-order valence-electron chi connectivity index (χ1n) is 8.66. The van der Waals surface area contributed by atoms with Crippen LogP contribution in [0.3, 0.4) is 0 Å². The minimum atomic E-state index is 0.0724. The molecule has 5 nitrogen and oxygen atoms in total. The molecule has 1 amide bonds. The molecule has 3 rings (SSSR count). The molecule has 1 atom stereocenters. The Bertz CT molecular complexity index is 728. The molecule has 25 heavy (non-hydrogen) atoms. The average molecular weight is 339 g/mol. The Morgan fingerprint density at radius 2 is 2.16 bits per heavy atom. The minimum absolute atomic E-state index is 0.0724. The number of amides is 1. The zero-order valence-corrected chi connectivity index (χ0v) is 15.1. The van der Waals surface area contributed by atoms with Crippen LogP contribution in [0.4, 0.5) is 5.82 Å². The minimum Gasteiger partial charge on any atom is -0.497 e. The van der Waals surface area contributed by atoms with Crippen LogP contribution in [0, 0.1) is 0 Å². The van der Waals surface area contributed by atoms with Crippen molar-refractivity contribution in [3.8, 4) is 5.75 Å². The molecule has 0 aliphatic carbocycles. The first-order chi connectivity index (χ1) is 12.1. The van der Waals surface area contributed by atoms with Gasteiger partial charge in [-0.05, 0) is 49.1 Å². The zero-order valence-electron chi connectivity index (χ0n) is 15.1. The van der Waals surface area contributed by atoms with Gasteiger partial charge in [0.1, 0.15) is 11.6 Å². The Balaban J connectivity index is 1.72. The highest BCUT2D eigenvalue weighted by Crippen LogP contribution is 2.25. The second-order valence-electron chi connectivity index (χ2n) is 6.65. The summed E-state index contributed by atoms with van der Waals surface area (Å²) in [4.78, 5) is 21.2. The predicted octanol–water partition coefficient (Wildman–Crippen LogP) is 3.00. The molecule has 1 saturated heterocycles. The number of ether oxygens (including phenoxy) is 1. The second-order valence-corrected chi connectivity index (χ2v) is 6.65. The summed E-state index contributed by atoms with van der Waals surface area (Å²) in [7, 11) is 5.55. The van der Waals surface area contributed by atoms with Crippen molar-refractivity contribution in [3.63, 3.8) is 0 Å². The summed E-state index contributed by atoms with van der Waals surface area (Å²) in [6, 6.07) is 12.1. The number of nitrogens with zero attached hydrogens (tertiary/aromatic N) is 3. The summed E-state index contributed by atoms with van der Waals surface area (Å²) in [6.07, 6.45) is 4.61. The maximum Gasteiger partial charge on any atom is 0.255 e. The molecule has 132 valence electrons. The van der Waals surface area contributed by atoms with E-state index < -0.39 is 0 Å². The molecule has 1 fully saturated rings. The number of hydrogen-bond acceptors (Lipinski definition) is 4. The van der Waals surface area contributed by atoms with Crippen molar-refractivity contribution in [1.82, 2.24) is 9.88 Å². The van der Waals surface area contributed by atoms with Crippen LogP contribution in [-0.2, 0) is 6.42 Å². The smallest absolute Gasteiger partial charge is 0.255 e. The van der Waals surface area contributed by atoms with Gasteiger partial charge in [0, 0.05) is 32.9 Å². The molecular formula is C20H25N3O2. The number of carbonyl (C=O) groups is 1. The number of pyridine rings is 1. The summed E-state index contributed by atoms with van der Waals surface area (Å²) in [5.74, 6) is 1.78. The van der Waals surface area contributed by atoms with E-state index in [2.05, 4.69) is 17.1 Å². The van der Waals surface area contributed by atoms with Gasteiger partial charge in [-0.1, -0.05) is 12.1 Å². The zero-order chi connectivity index (χ0) is 17.8. The van der Waals surface area contributed by atoms with Gasteiger partial charge in [-0.2, -0.15) is 0 Å². The highest BCUT2D eigenvalue weighted by atomic mass is 16.5. The van der Waals surface area contributed by atoms with Crippen LogP contribution < -0.4 is 9.64 Å². The van der Waals surface area contributed by atoms with Crippen molar-refractivity contribution in [2.45, 2.75) is 25.3 Å². The molecule has 5 heteroatoms. The van der Waals surface area contributed by atoms with Gasteiger partial charge >= 0.3 is 0 Å². The van der Waals surface area contributed by atoms with E-state index in [1.54, 1.807) is 13.3 Å². The van der Waals surface area contributed by atoms with Gasteiger partial charge in [0.2, 0.25) is 0 Å². The molecule has 2 aromatic rings. The van der Waals surface area contributed by atoms with Crippen LogP contribution in [0.15, 0.2) is 42.6 Å². The molecule has 0 saturated carbocycles. The van der Waals surface area contributed by atoms with Gasteiger partial charge in [-0.3, -0.25) is 4.79 Å². The normalized spacial score (nSPS) is 16.8. The lowest BCUT2D eigenvalue weighted by atomic mass is 10.0. The molecule has 2 heterocycles. The fraction of sp³-hybridized carbons (Fsp3) is 0.400. The summed E-state index contributed by atoms with van der Waals surface area (Å²) in [5.41, 5.74) is 1.85. The SMILES string of the molecule is COc1cccc(C[C@@H]2CCCN2C(=O)c2ccc(N(C)C)nc2)c1. The highest BCUT2D eigenvalue weighted by Gasteiger charge is 2.29. The van der Waals surface area contributed by atoms with Crippen molar-refractivity contribution in [1.29, 1.82) is 0 Å². The molecule has 1 aliphatic rings. The molecule has 1 aliphatic heterocycles. The van der Waals surface area contributed by atoms with Crippen molar-refractivity contribution in [2.24, 2.45) is 0 Å². The fourth-order valence-electron chi connectivity index (χ4n) is 3.33. The number of carbonyl (C=O) groups excluding carboxylic acids is 1. The van der Waals surface area contributed by atoms with E-state index in [0.717, 1.165) is 37.4 Å². The molecule has 1 aromatic heterocycles. The molecule has 1 aromatic carbocycles. The molecule has 0 N–H and O–H groups in total. The van der Waals surface area contributed by atoms with E-state index in [0.29, 0.717) is 5.56 Å². The van der Waals surface area contributed by atoms with E-state index >= 15 is 0 Å². The lowest BCUT2D eigenvalue weighted by molar-refractivity contribution is 0.0736. The largest absolute Gasteiger partial charge is 0.497 e. The second kappa shape index (κ2) is 7.55. The van der Waals surface area contributed by atoms with E-state index in [9.17, 15) is 4.79 Å². The van der Waals surface area contributed by atoms with Crippen molar-refractivity contribution >= 4 is 11.7 Å². The first kappa shape index (κ1) is 17.3. The molecule has 0 spiro atoms. The maximum absolute atomic E-state index is 12.9. The third kappa shape index (κ3) is 3.92. The summed E-state index contributed by atoms with van der Waals surface area (Å²) in [6.45, 7) is 0.808. The van der Waals surface area contributed by atoms with Crippen LogP contribution in [0.1, 0.15) is 28.8 Å². The Labute approximate surface area is 149 Å². The quantitative estimate of drug-likeness (QED) is 0.840. The first-order valence-corrected chi connectivity index (χ1v) is 8.66. The third-order valence-corrected chi connectivity index (χ3v) is 4.70. The molecule has 0 unspecified atom stereocenters. The van der Waals surface area contributed by atoms with Crippen LogP contribution >= 0.6 is 0 Å². The third-order valence-electron chi connectivity index (χ3n) is 4.70. The van der Waals surface area contributed by atoms with Crippen molar-refractivity contribution < 1.29 is 9.53 Å². The Morgan fingerprint density at radius 3 is 2.84 bits per heavy atom. The molecular weight excluding hydrogens is 314 g/mol. The number of hydrogen-bond donors (Lipinski definition) is 0. The van der Waals surface area contributed by atoms with Gasteiger partial charge in [-0.25, -0.2) is 4.98 Å². The number of methoxy groups -OCH3 is 1. The van der Waals surface area contributed by atoms with E-state index in [4.69, 9.17) is 4.74 Å². The number of benzene rings is 1. The maximum atomic E-state index is 12.9. The summed E-state index contributed by atoms with van der Waals surface area (Å²) >= 11 is 0. The van der Waals surface area contributed by atoms with Crippen LogP contribution in [-0.4, -0.2) is 49.6 Å². The van der Waals surface area contributed by atoms with Gasteiger partial charge in [0.25, 0.3) is 5.91 Å². The topological polar surface area (TPSA) is 45.7 Å². The van der Waals surface area contributed by atoms with Crippen molar-refractivity contribution in [3.05, 3.63) is 53.7 Å². The number of anilines is 1. The Hall–Kier alpha value is -2.56. The fourth-order valence-corrected chi connectivity index (χ4v) is 3.33. The van der Waals surface area contributed by atoms with Crippen LogP contribution in [0.25, 0.3) is 0 Å². The van der Waals surface area contributed by atoms with Crippen LogP contribution in [0.5, 0.6) is 5.75 Å². The lowest BCUT2D eigenvalue weighted by Gasteiger charge is -2.25. The molecule has 0 radical (unpaired) electrons. The lowest BCUT2D eigenvalue weighted by Crippen LogP contribution is -2.36. The van der Waals surface area contributed by atoms with Crippen LogP contribution in [0.2, 0.25) is 0 Å². The number of likely N-dealkylation sites (tertiary alicyclic amines) is 1. The number of rotatable bonds is 5. The highest BCUT2D eigenvalue weighted by molar-refractivity contribution is 5.94. The van der Waals surface area contributed by atoms with E-state index in [-0.39, 0.29) is 11.9 Å². The van der Waals surface area contributed by atoms with Gasteiger partial charge in [0.15, 0.2) is 0 Å². The average Bonchev–Trinajstić information content (AvgIpc) is 3.09. The Morgan fingerprint density at radius 1 is 1.32 bits per heavy atom. The number of aromatic nitrogens is 1. The van der Waals surface area contributed by atoms with Gasteiger partial charge < -0.3 is 14.5 Å². The van der Waals surface area contributed by atoms with E-state index in [1.807, 2.05) is 48.2 Å².